The van der Waals surface area contributed by atoms with Crippen molar-refractivity contribution in [3.63, 3.8) is 0 Å². The molecular weight excluding hydrogens is 314 g/mol. The Morgan fingerprint density at radius 1 is 1.32 bits per heavy atom. The predicted octanol–water partition coefficient (Wildman–Crippen LogP) is 2.77. The number of methoxy groups -OCH3 is 1. The fraction of sp³-hybridized carbons (Fsp3) is 0.619. The average molecular weight is 339 g/mol. The van der Waals surface area contributed by atoms with Gasteiger partial charge in [0.1, 0.15) is 5.76 Å². The first-order valence-electron chi connectivity index (χ1n) is 9.72. The summed E-state index contributed by atoms with van der Waals surface area (Å²) in [5, 5.41) is 12.1. The van der Waals surface area contributed by atoms with Crippen molar-refractivity contribution in [2.24, 2.45) is 5.92 Å². The minimum atomic E-state index is -0.713. The van der Waals surface area contributed by atoms with Crippen LogP contribution in [0.5, 0.6) is 11.5 Å². The van der Waals surface area contributed by atoms with Gasteiger partial charge in [0.05, 0.1) is 18.1 Å². The van der Waals surface area contributed by atoms with Crippen LogP contribution in [0, 0.1) is 5.92 Å². The third kappa shape index (κ3) is 1.61. The molecule has 3 atom stereocenters. The summed E-state index contributed by atoms with van der Waals surface area (Å²) in [6, 6.07) is 4.45. The van der Waals surface area contributed by atoms with Crippen molar-refractivity contribution in [1.29, 1.82) is 0 Å². The smallest absolute Gasteiger partial charge is 0.173 e. The summed E-state index contributed by atoms with van der Waals surface area (Å²) in [4.78, 5) is 2.59. The molecule has 2 heterocycles. The minimum absolute atomic E-state index is 0.209. The minimum Gasteiger partial charge on any atom is -0.493 e. The first kappa shape index (κ1) is 14.6. The molecule has 4 nitrogen and oxygen atoms in total. The Balaban J connectivity index is 1.58. The summed E-state index contributed by atoms with van der Waals surface area (Å²) in [7, 11) is 1.70. The van der Waals surface area contributed by atoms with Crippen LogP contribution in [-0.2, 0) is 11.8 Å². The fourth-order valence-electron chi connectivity index (χ4n) is 6.15. The molecule has 2 bridgehead atoms. The Hall–Kier alpha value is -1.52. The molecule has 5 aliphatic rings. The van der Waals surface area contributed by atoms with E-state index in [9.17, 15) is 5.11 Å². The van der Waals surface area contributed by atoms with Crippen LogP contribution in [0.3, 0.4) is 0 Å². The van der Waals surface area contributed by atoms with Crippen LogP contribution in [-0.4, -0.2) is 41.8 Å². The molecular formula is C21H25NO3. The van der Waals surface area contributed by atoms with Gasteiger partial charge in [-0.2, -0.15) is 0 Å². The number of hydrogen-bond donors (Lipinski definition) is 1. The van der Waals surface area contributed by atoms with Crippen molar-refractivity contribution in [1.82, 2.24) is 4.90 Å². The van der Waals surface area contributed by atoms with Gasteiger partial charge in [-0.3, -0.25) is 4.90 Å². The van der Waals surface area contributed by atoms with E-state index in [1.165, 1.54) is 24.0 Å². The van der Waals surface area contributed by atoms with E-state index >= 15 is 0 Å². The second kappa shape index (κ2) is 4.60. The first-order valence-corrected chi connectivity index (χ1v) is 9.72. The van der Waals surface area contributed by atoms with Crippen molar-refractivity contribution in [2.45, 2.75) is 55.6 Å². The number of ether oxygens (including phenoxy) is 2. The van der Waals surface area contributed by atoms with E-state index in [1.807, 2.05) is 6.07 Å². The van der Waals surface area contributed by atoms with Crippen LogP contribution < -0.4 is 9.47 Å². The number of likely N-dealkylation sites (tertiary alicyclic amines) is 1. The molecule has 3 aliphatic carbocycles. The normalized spacial score (nSPS) is 38.0. The molecule has 1 saturated heterocycles. The summed E-state index contributed by atoms with van der Waals surface area (Å²) in [5.74, 6) is 3.49. The fourth-order valence-corrected chi connectivity index (χ4v) is 6.15. The third-order valence-electron chi connectivity index (χ3n) is 7.45. The van der Waals surface area contributed by atoms with Gasteiger partial charge in [0, 0.05) is 18.2 Å². The van der Waals surface area contributed by atoms with Crippen molar-refractivity contribution < 1.29 is 14.6 Å². The van der Waals surface area contributed by atoms with Crippen molar-refractivity contribution in [3.8, 4) is 11.5 Å². The van der Waals surface area contributed by atoms with E-state index in [2.05, 4.69) is 17.0 Å². The lowest BCUT2D eigenvalue weighted by Crippen LogP contribution is -2.72. The lowest BCUT2D eigenvalue weighted by atomic mass is 9.51. The largest absolute Gasteiger partial charge is 0.493 e. The molecule has 1 spiro atoms. The molecule has 4 heteroatoms. The monoisotopic (exact) mass is 339 g/mol. The molecule has 0 radical (unpaired) electrons. The molecule has 1 saturated carbocycles. The highest BCUT2D eigenvalue weighted by atomic mass is 16.5. The maximum absolute atomic E-state index is 12.1. The van der Waals surface area contributed by atoms with E-state index in [0.717, 1.165) is 61.9 Å². The standard InChI is InChI=1S/C21H25NO3/c1-24-15-7-6-14-11-16-21(23)8-2-3-17-20(21,18(14)19(15)25-17)9-10-22(16)12-13-4-5-13/h3,6-7,13,16,23H,2,4-5,8-12H2,1H3/t16-,20-,21-/m1/s1. The number of benzene rings is 1. The van der Waals surface area contributed by atoms with E-state index in [4.69, 9.17) is 9.47 Å². The lowest BCUT2D eigenvalue weighted by Gasteiger charge is -2.61. The topological polar surface area (TPSA) is 41.9 Å². The molecule has 6 rings (SSSR count). The molecule has 2 fully saturated rings. The summed E-state index contributed by atoms with van der Waals surface area (Å²) >= 11 is 0. The summed E-state index contributed by atoms with van der Waals surface area (Å²) in [5.41, 5.74) is 1.50. The number of nitrogens with zero attached hydrogens (tertiary/aromatic N) is 1. The predicted molar refractivity (Wildman–Crippen MR) is 94.0 cm³/mol. The second-order valence-electron chi connectivity index (χ2n) is 8.58. The summed E-state index contributed by atoms with van der Waals surface area (Å²) in [6.07, 6.45) is 8.54. The maximum atomic E-state index is 12.1. The first-order chi connectivity index (χ1) is 12.2. The van der Waals surface area contributed by atoms with E-state index in [1.54, 1.807) is 7.11 Å². The highest BCUT2D eigenvalue weighted by molar-refractivity contribution is 5.66. The van der Waals surface area contributed by atoms with Crippen LogP contribution in [0.1, 0.15) is 43.2 Å². The molecule has 0 unspecified atom stereocenters. The van der Waals surface area contributed by atoms with Crippen molar-refractivity contribution in [3.05, 3.63) is 35.1 Å². The molecule has 25 heavy (non-hydrogen) atoms. The SMILES string of the molecule is COc1ccc2c3c1OC1=CCC[C@@]4(O)[C@@H](C2)N(CC2CC2)CC[C@@]134. The number of piperidine rings is 1. The second-order valence-corrected chi connectivity index (χ2v) is 8.58. The molecule has 0 aromatic heterocycles. The van der Waals surface area contributed by atoms with Gasteiger partial charge >= 0.3 is 0 Å². The Labute approximate surface area is 148 Å². The van der Waals surface area contributed by atoms with Gasteiger partial charge in [-0.25, -0.2) is 0 Å². The zero-order chi connectivity index (χ0) is 16.8. The Kier molecular flexibility index (Phi) is 2.69. The van der Waals surface area contributed by atoms with Crippen LogP contribution in [0.4, 0.5) is 0 Å². The highest BCUT2D eigenvalue weighted by Gasteiger charge is 2.69. The van der Waals surface area contributed by atoms with Crippen molar-refractivity contribution in [2.75, 3.05) is 20.2 Å². The quantitative estimate of drug-likeness (QED) is 0.919. The molecule has 1 N–H and O–H groups in total. The Morgan fingerprint density at radius 3 is 3.00 bits per heavy atom. The number of aliphatic hydroxyl groups is 1. The van der Waals surface area contributed by atoms with Gasteiger partial charge < -0.3 is 14.6 Å². The maximum Gasteiger partial charge on any atom is 0.173 e. The van der Waals surface area contributed by atoms with E-state index < -0.39 is 5.60 Å². The van der Waals surface area contributed by atoms with Gasteiger partial charge in [-0.1, -0.05) is 6.07 Å². The van der Waals surface area contributed by atoms with Crippen LogP contribution in [0.25, 0.3) is 0 Å². The third-order valence-corrected chi connectivity index (χ3v) is 7.45. The number of rotatable bonds is 3. The van der Waals surface area contributed by atoms with Crippen LogP contribution in [0.2, 0.25) is 0 Å². The lowest BCUT2D eigenvalue weighted by molar-refractivity contribution is -0.145. The van der Waals surface area contributed by atoms with Gasteiger partial charge in [0.2, 0.25) is 0 Å². The van der Waals surface area contributed by atoms with Gasteiger partial charge in [-0.05, 0) is 68.7 Å². The molecule has 1 aromatic carbocycles. The summed E-state index contributed by atoms with van der Waals surface area (Å²) < 4.78 is 11.9. The Bertz CT molecular complexity index is 799. The number of hydrogen-bond acceptors (Lipinski definition) is 4. The van der Waals surface area contributed by atoms with E-state index in [-0.39, 0.29) is 11.5 Å². The zero-order valence-corrected chi connectivity index (χ0v) is 14.8. The van der Waals surface area contributed by atoms with Crippen molar-refractivity contribution >= 4 is 0 Å². The molecule has 0 amide bonds. The molecule has 132 valence electrons. The zero-order valence-electron chi connectivity index (χ0n) is 14.8. The van der Waals surface area contributed by atoms with Crippen LogP contribution >= 0.6 is 0 Å². The summed E-state index contributed by atoms with van der Waals surface area (Å²) in [6.45, 7) is 2.21. The van der Waals surface area contributed by atoms with Gasteiger partial charge in [0.15, 0.2) is 11.5 Å². The average Bonchev–Trinajstić information content (AvgIpc) is 3.35. The number of allylic oxidation sites excluding steroid dienone is 1. The van der Waals surface area contributed by atoms with Gasteiger partial charge in [-0.15, -0.1) is 0 Å². The highest BCUT2D eigenvalue weighted by Crippen LogP contribution is 2.65. The van der Waals surface area contributed by atoms with E-state index in [0.29, 0.717) is 0 Å². The Morgan fingerprint density at radius 2 is 2.20 bits per heavy atom. The van der Waals surface area contributed by atoms with Gasteiger partial charge in [0.25, 0.3) is 0 Å². The van der Waals surface area contributed by atoms with Crippen LogP contribution in [0.15, 0.2) is 24.0 Å². The molecule has 1 aromatic rings. The molecule has 2 aliphatic heterocycles.